The van der Waals surface area contributed by atoms with E-state index in [1.54, 1.807) is 0 Å². The zero-order valence-corrected chi connectivity index (χ0v) is 11.8. The highest BCUT2D eigenvalue weighted by atomic mass is 35.5. The molecule has 0 saturated heterocycles. The monoisotopic (exact) mass is 274 g/mol. The number of aromatic amines is 1. The third-order valence-corrected chi connectivity index (χ3v) is 5.04. The van der Waals surface area contributed by atoms with E-state index in [9.17, 15) is 0 Å². The van der Waals surface area contributed by atoms with Gasteiger partial charge in [-0.05, 0) is 49.1 Å². The van der Waals surface area contributed by atoms with Crippen LogP contribution >= 0.6 is 11.6 Å². The van der Waals surface area contributed by atoms with Gasteiger partial charge in [0, 0.05) is 27.7 Å². The first-order valence-electron chi connectivity index (χ1n) is 7.34. The zero-order chi connectivity index (χ0) is 12.8. The molecule has 0 unspecified atom stereocenters. The zero-order valence-electron chi connectivity index (χ0n) is 11.0. The Morgan fingerprint density at radius 2 is 2.16 bits per heavy atom. The van der Waals surface area contributed by atoms with Crippen LogP contribution < -0.4 is 5.32 Å². The summed E-state index contributed by atoms with van der Waals surface area (Å²) in [7, 11) is 0. The molecule has 19 heavy (non-hydrogen) atoms. The van der Waals surface area contributed by atoms with Gasteiger partial charge in [-0.1, -0.05) is 30.9 Å². The highest BCUT2D eigenvalue weighted by molar-refractivity contribution is 6.31. The van der Waals surface area contributed by atoms with E-state index < -0.39 is 0 Å². The fraction of sp³-hybridized carbons (Fsp3) is 0.500. The number of hydrogen-bond acceptors (Lipinski definition) is 1. The van der Waals surface area contributed by atoms with Gasteiger partial charge < -0.3 is 10.3 Å². The standard InChI is InChI=1S/C16H19ClN2/c17-11-4-5-14-13(9-11)12-6-7-18-15(16(12)19-14)8-10-2-1-3-10/h4-5,9-10,15,18-19H,1-3,6-8H2/t15-/m0/s1. The Kier molecular flexibility index (Phi) is 2.82. The lowest BCUT2D eigenvalue weighted by atomic mass is 9.79. The Labute approximate surface area is 118 Å². The molecule has 1 saturated carbocycles. The molecule has 0 amide bonds. The van der Waals surface area contributed by atoms with Gasteiger partial charge in [0.15, 0.2) is 0 Å². The Morgan fingerprint density at radius 3 is 2.95 bits per heavy atom. The van der Waals surface area contributed by atoms with E-state index in [2.05, 4.69) is 22.4 Å². The summed E-state index contributed by atoms with van der Waals surface area (Å²) in [6.07, 6.45) is 6.65. The predicted octanol–water partition coefficient (Wildman–Crippen LogP) is 4.20. The van der Waals surface area contributed by atoms with Gasteiger partial charge in [0.05, 0.1) is 0 Å². The number of benzene rings is 1. The van der Waals surface area contributed by atoms with Crippen molar-refractivity contribution < 1.29 is 0 Å². The predicted molar refractivity (Wildman–Crippen MR) is 79.7 cm³/mol. The maximum atomic E-state index is 6.14. The molecule has 2 N–H and O–H groups in total. The van der Waals surface area contributed by atoms with Gasteiger partial charge in [-0.15, -0.1) is 0 Å². The summed E-state index contributed by atoms with van der Waals surface area (Å²) in [5.74, 6) is 0.929. The van der Waals surface area contributed by atoms with Crippen molar-refractivity contribution in [2.45, 2.75) is 38.1 Å². The summed E-state index contributed by atoms with van der Waals surface area (Å²) in [5, 5.41) is 5.84. The van der Waals surface area contributed by atoms with Gasteiger partial charge in [-0.25, -0.2) is 0 Å². The van der Waals surface area contributed by atoms with Crippen LogP contribution in [0.2, 0.25) is 5.02 Å². The van der Waals surface area contributed by atoms with Crippen molar-refractivity contribution in [3.8, 4) is 0 Å². The molecule has 0 bridgehead atoms. The molecule has 1 aliphatic heterocycles. The molecule has 1 aliphatic carbocycles. The Bertz CT molecular complexity index is 612. The van der Waals surface area contributed by atoms with Gasteiger partial charge >= 0.3 is 0 Å². The lowest BCUT2D eigenvalue weighted by Gasteiger charge is -2.32. The van der Waals surface area contributed by atoms with Gasteiger partial charge in [-0.3, -0.25) is 0 Å². The molecule has 0 radical (unpaired) electrons. The maximum absolute atomic E-state index is 6.14. The van der Waals surface area contributed by atoms with Crippen molar-refractivity contribution in [2.24, 2.45) is 5.92 Å². The molecule has 1 atom stereocenters. The number of rotatable bonds is 2. The van der Waals surface area contributed by atoms with Gasteiger partial charge in [0.25, 0.3) is 0 Å². The summed E-state index contributed by atoms with van der Waals surface area (Å²) in [5.41, 5.74) is 4.13. The molecule has 2 heterocycles. The first-order chi connectivity index (χ1) is 9.31. The van der Waals surface area contributed by atoms with Crippen molar-refractivity contribution in [3.63, 3.8) is 0 Å². The minimum absolute atomic E-state index is 0.514. The molecule has 2 aromatic rings. The van der Waals surface area contributed by atoms with Crippen LogP contribution in [0.5, 0.6) is 0 Å². The van der Waals surface area contributed by atoms with Crippen molar-refractivity contribution in [2.75, 3.05) is 6.54 Å². The van der Waals surface area contributed by atoms with Crippen LogP contribution in [0.15, 0.2) is 18.2 Å². The Hall–Kier alpha value is -0.990. The van der Waals surface area contributed by atoms with Crippen LogP contribution in [0.4, 0.5) is 0 Å². The summed E-state index contributed by atoms with van der Waals surface area (Å²) in [6.45, 7) is 1.09. The minimum Gasteiger partial charge on any atom is -0.357 e. The lowest BCUT2D eigenvalue weighted by Crippen LogP contribution is -2.32. The minimum atomic E-state index is 0.514. The lowest BCUT2D eigenvalue weighted by molar-refractivity contribution is 0.256. The number of fused-ring (bicyclic) bond motifs is 3. The molecular formula is C16H19ClN2. The van der Waals surface area contributed by atoms with Crippen molar-refractivity contribution in [1.82, 2.24) is 10.3 Å². The van der Waals surface area contributed by atoms with E-state index in [-0.39, 0.29) is 0 Å². The van der Waals surface area contributed by atoms with Crippen LogP contribution in [0.25, 0.3) is 10.9 Å². The van der Waals surface area contributed by atoms with Gasteiger partial charge in [0.2, 0.25) is 0 Å². The number of hydrogen-bond donors (Lipinski definition) is 2. The van der Waals surface area contributed by atoms with Crippen LogP contribution in [-0.4, -0.2) is 11.5 Å². The topological polar surface area (TPSA) is 27.8 Å². The van der Waals surface area contributed by atoms with Gasteiger partial charge in [-0.2, -0.15) is 0 Å². The molecule has 0 spiro atoms. The fourth-order valence-electron chi connectivity index (χ4n) is 3.54. The second-order valence-corrected chi connectivity index (χ2v) is 6.43. The van der Waals surface area contributed by atoms with Crippen LogP contribution in [0.3, 0.4) is 0 Å². The molecule has 2 nitrogen and oxygen atoms in total. The normalized spacial score (nSPS) is 23.3. The molecular weight excluding hydrogens is 256 g/mol. The first kappa shape index (κ1) is 11.8. The van der Waals surface area contributed by atoms with E-state index in [4.69, 9.17) is 11.6 Å². The van der Waals surface area contributed by atoms with Crippen molar-refractivity contribution in [1.29, 1.82) is 0 Å². The largest absolute Gasteiger partial charge is 0.357 e. The number of halogens is 1. The quantitative estimate of drug-likeness (QED) is 0.844. The third-order valence-electron chi connectivity index (χ3n) is 4.81. The maximum Gasteiger partial charge on any atom is 0.0478 e. The second kappa shape index (κ2) is 4.53. The summed E-state index contributed by atoms with van der Waals surface area (Å²) in [6, 6.07) is 6.70. The fourth-order valence-corrected chi connectivity index (χ4v) is 3.72. The second-order valence-electron chi connectivity index (χ2n) is 6.00. The SMILES string of the molecule is Clc1ccc2[nH]c3c(c2c1)CCN[C@H]3CC1CCC1. The van der Waals surface area contributed by atoms with Crippen molar-refractivity contribution >= 4 is 22.5 Å². The molecule has 2 aliphatic rings. The molecule has 100 valence electrons. The van der Waals surface area contributed by atoms with Crippen LogP contribution in [0.1, 0.15) is 43.0 Å². The van der Waals surface area contributed by atoms with E-state index in [1.807, 2.05) is 6.07 Å². The van der Waals surface area contributed by atoms with Crippen LogP contribution in [-0.2, 0) is 6.42 Å². The highest BCUT2D eigenvalue weighted by Gasteiger charge is 2.28. The number of nitrogens with one attached hydrogen (secondary N) is 2. The Morgan fingerprint density at radius 1 is 1.26 bits per heavy atom. The highest BCUT2D eigenvalue weighted by Crippen LogP contribution is 2.38. The first-order valence-corrected chi connectivity index (χ1v) is 7.72. The van der Waals surface area contributed by atoms with E-state index >= 15 is 0 Å². The van der Waals surface area contributed by atoms with Crippen molar-refractivity contribution in [3.05, 3.63) is 34.5 Å². The van der Waals surface area contributed by atoms with Gasteiger partial charge in [0.1, 0.15) is 0 Å². The Balaban J connectivity index is 1.75. The van der Waals surface area contributed by atoms with E-state index in [0.29, 0.717) is 6.04 Å². The molecule has 3 heteroatoms. The summed E-state index contributed by atoms with van der Waals surface area (Å²) < 4.78 is 0. The molecule has 1 aromatic carbocycles. The third kappa shape index (κ3) is 1.98. The summed E-state index contributed by atoms with van der Waals surface area (Å²) >= 11 is 6.14. The average molecular weight is 275 g/mol. The number of aromatic nitrogens is 1. The number of H-pyrrole nitrogens is 1. The van der Waals surface area contributed by atoms with Crippen LogP contribution in [0, 0.1) is 5.92 Å². The van der Waals surface area contributed by atoms with E-state index in [1.165, 1.54) is 47.8 Å². The van der Waals surface area contributed by atoms with E-state index in [0.717, 1.165) is 23.9 Å². The smallest absolute Gasteiger partial charge is 0.0478 e. The summed E-state index contributed by atoms with van der Waals surface area (Å²) in [4.78, 5) is 3.63. The molecule has 1 fully saturated rings. The molecule has 1 aromatic heterocycles. The molecule has 4 rings (SSSR count). The average Bonchev–Trinajstić information content (AvgIpc) is 2.73.